The fourth-order valence-electron chi connectivity index (χ4n) is 3.33. The molecule has 3 aromatic carbocycles. The highest BCUT2D eigenvalue weighted by atomic mass is 79.9. The Bertz CT molecular complexity index is 1280. The van der Waals surface area contributed by atoms with E-state index < -0.39 is 0 Å². The topological polar surface area (TPSA) is 88.4 Å². The van der Waals surface area contributed by atoms with E-state index in [-0.39, 0.29) is 45.9 Å². The number of anilines is 1. The van der Waals surface area contributed by atoms with E-state index in [1.165, 1.54) is 29.8 Å². The molecule has 1 aliphatic heterocycles. The molecule has 1 heterocycles. The number of thioether (sulfide) groups is 1. The van der Waals surface area contributed by atoms with Crippen molar-refractivity contribution < 1.29 is 24.2 Å². The van der Waals surface area contributed by atoms with Crippen LogP contribution in [0.25, 0.3) is 6.08 Å². The number of hydrogen-bond acceptors (Lipinski definition) is 7. The molecule has 0 saturated carbocycles. The van der Waals surface area contributed by atoms with Crippen LogP contribution in [0.1, 0.15) is 15.9 Å². The third kappa shape index (κ3) is 5.93. The molecule has 180 valence electrons. The van der Waals surface area contributed by atoms with Crippen LogP contribution in [0.3, 0.4) is 0 Å². The molecule has 0 spiro atoms. The Labute approximate surface area is 217 Å². The average molecular weight is 555 g/mol. The zero-order valence-electron chi connectivity index (χ0n) is 19.0. The van der Waals surface area contributed by atoms with Crippen LogP contribution in [0.2, 0.25) is 0 Å². The van der Waals surface area contributed by atoms with Crippen molar-refractivity contribution in [3.8, 4) is 17.2 Å². The van der Waals surface area contributed by atoms with Gasteiger partial charge in [0.1, 0.15) is 11.4 Å². The van der Waals surface area contributed by atoms with Crippen molar-refractivity contribution in [1.29, 1.82) is 0 Å². The highest BCUT2D eigenvalue weighted by Gasteiger charge is 2.32. The number of carbonyl (C=O) groups excluding carboxylic acids is 2. The number of ether oxygens (including phenoxy) is 2. The average Bonchev–Trinajstić information content (AvgIpc) is 3.18. The molecule has 1 aliphatic rings. The van der Waals surface area contributed by atoms with Crippen LogP contribution in [0, 0.1) is 0 Å². The number of rotatable bonds is 7. The van der Waals surface area contributed by atoms with Crippen LogP contribution in [-0.2, 0) is 4.79 Å². The number of hydrogen-bond donors (Lipinski definition) is 1. The van der Waals surface area contributed by atoms with Crippen LogP contribution in [-0.4, -0.2) is 41.9 Å². The number of ketones is 1. The maximum absolute atomic E-state index is 13.3. The lowest BCUT2D eigenvalue weighted by atomic mass is 10.1. The minimum Gasteiger partial charge on any atom is -0.504 e. The first-order valence-electron chi connectivity index (χ1n) is 10.4. The molecule has 0 bridgehead atoms. The van der Waals surface area contributed by atoms with Gasteiger partial charge in [-0.2, -0.15) is 0 Å². The molecule has 0 aromatic heterocycles. The number of phenolic OH excluding ortho intramolecular Hbond substituents is 1. The third-order valence-corrected chi connectivity index (χ3v) is 6.03. The molecular weight excluding hydrogens is 532 g/mol. The summed E-state index contributed by atoms with van der Waals surface area (Å²) in [6, 6.07) is 20.8. The molecule has 1 amide bonds. The lowest BCUT2D eigenvalue weighted by Crippen LogP contribution is -2.30. The molecular formula is C26H23BrN2O5S. The molecule has 7 nitrogen and oxygen atoms in total. The summed E-state index contributed by atoms with van der Waals surface area (Å²) in [5, 5.41) is 10.2. The van der Waals surface area contributed by atoms with E-state index in [2.05, 4.69) is 4.99 Å². The van der Waals surface area contributed by atoms with Gasteiger partial charge in [0.2, 0.25) is 0 Å². The van der Waals surface area contributed by atoms with Gasteiger partial charge in [-0.3, -0.25) is 14.5 Å². The van der Waals surface area contributed by atoms with Gasteiger partial charge in [0, 0.05) is 5.56 Å². The van der Waals surface area contributed by atoms with E-state index in [4.69, 9.17) is 9.47 Å². The number of phenols is 1. The highest BCUT2D eigenvalue weighted by molar-refractivity contribution is 8.93. The van der Waals surface area contributed by atoms with Gasteiger partial charge in [-0.1, -0.05) is 36.0 Å². The van der Waals surface area contributed by atoms with E-state index in [1.54, 1.807) is 49.6 Å². The van der Waals surface area contributed by atoms with Crippen molar-refractivity contribution >= 4 is 57.4 Å². The zero-order chi connectivity index (χ0) is 24.1. The predicted octanol–water partition coefficient (Wildman–Crippen LogP) is 5.35. The molecule has 0 radical (unpaired) electrons. The number of aromatic hydroxyl groups is 1. The van der Waals surface area contributed by atoms with Gasteiger partial charge in [-0.25, -0.2) is 4.99 Å². The molecule has 3 aromatic rings. The summed E-state index contributed by atoms with van der Waals surface area (Å²) in [7, 11) is 3.02. The highest BCUT2D eigenvalue weighted by Crippen LogP contribution is 2.32. The normalized spacial score (nSPS) is 13.9. The molecule has 35 heavy (non-hydrogen) atoms. The van der Waals surface area contributed by atoms with Gasteiger partial charge >= 0.3 is 0 Å². The molecule has 0 aliphatic carbocycles. The Morgan fingerprint density at radius 1 is 1.03 bits per heavy atom. The lowest BCUT2D eigenvalue weighted by Gasteiger charge is -2.17. The molecule has 1 N–H and O–H groups in total. The van der Waals surface area contributed by atoms with Crippen molar-refractivity contribution in [2.45, 2.75) is 0 Å². The second-order valence-electron chi connectivity index (χ2n) is 7.27. The number of amides is 1. The third-order valence-electron chi connectivity index (χ3n) is 5.10. The molecule has 0 unspecified atom stereocenters. The number of nitrogens with zero attached hydrogens (tertiary/aromatic N) is 2. The van der Waals surface area contributed by atoms with Crippen molar-refractivity contribution in [2.24, 2.45) is 4.99 Å². The maximum Gasteiger partial charge on any atom is 0.283 e. The number of amidine groups is 1. The quantitative estimate of drug-likeness (QED) is 0.313. The molecule has 4 rings (SSSR count). The number of carbonyl (C=O) groups is 2. The van der Waals surface area contributed by atoms with E-state index in [0.29, 0.717) is 33.5 Å². The summed E-state index contributed by atoms with van der Waals surface area (Å²) in [4.78, 5) is 32.0. The molecule has 0 saturated heterocycles. The van der Waals surface area contributed by atoms with Crippen LogP contribution in [0.15, 0.2) is 83.5 Å². The Kier molecular flexibility index (Phi) is 8.73. The largest absolute Gasteiger partial charge is 0.504 e. The van der Waals surface area contributed by atoms with E-state index in [9.17, 15) is 14.7 Å². The fourth-order valence-corrected chi connectivity index (χ4v) is 4.24. The summed E-state index contributed by atoms with van der Waals surface area (Å²) >= 11 is 1.20. The standard InChI is InChI=1S/C26H22N2O5S.BrH/c1-32-20-11-9-18(10-12-20)23(30)16-34-26-27-21(14-17-8-13-22(29)24(15-17)33-2)25(31)28(26)19-6-4-3-5-7-19;/h3-15,29H,16H2,1-2H3;1H/b21-14+;. The number of benzene rings is 3. The van der Waals surface area contributed by atoms with Gasteiger partial charge in [0.05, 0.1) is 25.7 Å². The lowest BCUT2D eigenvalue weighted by molar-refractivity contribution is -0.113. The van der Waals surface area contributed by atoms with Crippen molar-refractivity contribution in [2.75, 3.05) is 24.9 Å². The van der Waals surface area contributed by atoms with Crippen molar-refractivity contribution in [3.05, 3.63) is 89.6 Å². The first-order valence-corrected chi connectivity index (χ1v) is 11.4. The SMILES string of the molecule is Br.COc1ccc(C(=O)CSC2=N/C(=C/c3ccc(O)c(OC)c3)C(=O)N2c2ccccc2)cc1. The molecule has 9 heteroatoms. The summed E-state index contributed by atoms with van der Waals surface area (Å²) in [6.45, 7) is 0. The minimum absolute atomic E-state index is 0. The van der Waals surface area contributed by atoms with Crippen molar-refractivity contribution in [3.63, 3.8) is 0 Å². The van der Waals surface area contributed by atoms with Gasteiger partial charge in [-0.05, 0) is 60.2 Å². The number of halogens is 1. The fraction of sp³-hybridized carbons (Fsp3) is 0.115. The first-order chi connectivity index (χ1) is 16.5. The minimum atomic E-state index is -0.308. The van der Waals surface area contributed by atoms with Crippen LogP contribution >= 0.6 is 28.7 Å². The Hall–Kier alpha value is -3.56. The summed E-state index contributed by atoms with van der Waals surface area (Å²) in [6.07, 6.45) is 1.62. The summed E-state index contributed by atoms with van der Waals surface area (Å²) < 4.78 is 10.3. The Morgan fingerprint density at radius 3 is 2.40 bits per heavy atom. The second-order valence-corrected chi connectivity index (χ2v) is 8.21. The number of para-hydroxylation sites is 1. The monoisotopic (exact) mass is 554 g/mol. The predicted molar refractivity (Wildman–Crippen MR) is 144 cm³/mol. The number of methoxy groups -OCH3 is 2. The first kappa shape index (κ1) is 26.1. The van der Waals surface area contributed by atoms with Gasteiger partial charge in [-0.15, -0.1) is 17.0 Å². The number of Topliss-reactive ketones (excluding diaryl/α,β-unsaturated/α-hetero) is 1. The van der Waals surface area contributed by atoms with Crippen LogP contribution in [0.5, 0.6) is 17.2 Å². The van der Waals surface area contributed by atoms with Crippen molar-refractivity contribution in [1.82, 2.24) is 0 Å². The molecule has 0 atom stereocenters. The Balaban J connectivity index is 0.00000342. The zero-order valence-corrected chi connectivity index (χ0v) is 21.5. The van der Waals surface area contributed by atoms with Gasteiger partial charge in [0.25, 0.3) is 5.91 Å². The van der Waals surface area contributed by atoms with E-state index >= 15 is 0 Å². The van der Waals surface area contributed by atoms with E-state index in [0.717, 1.165) is 0 Å². The Morgan fingerprint density at radius 2 is 1.74 bits per heavy atom. The number of aliphatic imine (C=N–C) groups is 1. The van der Waals surface area contributed by atoms with E-state index in [1.807, 2.05) is 30.3 Å². The van der Waals surface area contributed by atoms with Gasteiger partial charge < -0.3 is 14.6 Å². The van der Waals surface area contributed by atoms with Crippen LogP contribution in [0.4, 0.5) is 5.69 Å². The maximum atomic E-state index is 13.3. The van der Waals surface area contributed by atoms with Crippen LogP contribution < -0.4 is 14.4 Å². The summed E-state index contributed by atoms with van der Waals surface area (Å²) in [5.41, 5.74) is 2.07. The smallest absolute Gasteiger partial charge is 0.283 e. The summed E-state index contributed by atoms with van der Waals surface area (Å²) in [5.74, 6) is 0.690. The second kappa shape index (κ2) is 11.7. The van der Waals surface area contributed by atoms with Gasteiger partial charge in [0.15, 0.2) is 22.4 Å². The molecule has 0 fully saturated rings.